The van der Waals surface area contributed by atoms with Crippen molar-refractivity contribution >= 4 is 15.9 Å². The Bertz CT molecular complexity index is 79.1. The summed E-state index contributed by atoms with van der Waals surface area (Å²) in [5.41, 5.74) is 0. The first-order chi connectivity index (χ1) is 4.36. The van der Waals surface area contributed by atoms with Crippen LogP contribution in [0.3, 0.4) is 0 Å². The van der Waals surface area contributed by atoms with Crippen molar-refractivity contribution in [3.05, 3.63) is 0 Å². The topological polar surface area (TPSA) is 21.8 Å². The van der Waals surface area contributed by atoms with E-state index in [1.807, 2.05) is 0 Å². The highest BCUT2D eigenvalue weighted by atomic mass is 79.9. The largest absolute Gasteiger partial charge is 0.380 e. The molecular weight excluding hydrogens is 184 g/mol. The maximum Gasteiger partial charge on any atom is 0.0834 e. The molecule has 9 heavy (non-hydrogen) atoms. The highest BCUT2D eigenvalue weighted by Crippen LogP contribution is 2.17. The first-order valence-electron chi connectivity index (χ1n) is 3.07. The molecule has 1 fully saturated rings. The highest BCUT2D eigenvalue weighted by molar-refractivity contribution is 9.09. The fraction of sp³-hybridized carbons (Fsp3) is 1.00. The van der Waals surface area contributed by atoms with Gasteiger partial charge in [-0.1, -0.05) is 15.9 Å². The van der Waals surface area contributed by atoms with Crippen molar-refractivity contribution in [3.63, 3.8) is 0 Å². The summed E-state index contributed by atoms with van der Waals surface area (Å²) in [5.74, 6) is 0. The number of epoxide rings is 1. The lowest BCUT2D eigenvalue weighted by Gasteiger charge is -2.08. The van der Waals surface area contributed by atoms with Gasteiger partial charge in [-0.3, -0.25) is 0 Å². The van der Waals surface area contributed by atoms with E-state index in [0.717, 1.165) is 18.4 Å². The lowest BCUT2D eigenvalue weighted by Crippen LogP contribution is -2.14. The molecule has 1 aliphatic rings. The van der Waals surface area contributed by atoms with Crippen molar-refractivity contribution in [1.29, 1.82) is 0 Å². The van der Waals surface area contributed by atoms with Gasteiger partial charge < -0.3 is 9.47 Å². The van der Waals surface area contributed by atoms with Crippen LogP contribution in [-0.4, -0.2) is 31.3 Å². The SMILES string of the molecule is COC(CBr)CC1CO1. The molecule has 0 aromatic carbocycles. The van der Waals surface area contributed by atoms with Crippen LogP contribution < -0.4 is 0 Å². The second kappa shape index (κ2) is 3.54. The van der Waals surface area contributed by atoms with Gasteiger partial charge in [-0.05, 0) is 0 Å². The average molecular weight is 195 g/mol. The van der Waals surface area contributed by atoms with Crippen LogP contribution in [0.4, 0.5) is 0 Å². The Labute approximate surface area is 63.7 Å². The molecule has 0 aromatic rings. The maximum atomic E-state index is 5.12. The van der Waals surface area contributed by atoms with Crippen LogP contribution in [0, 0.1) is 0 Å². The van der Waals surface area contributed by atoms with Gasteiger partial charge in [0.15, 0.2) is 0 Å². The molecule has 2 atom stereocenters. The Hall–Kier alpha value is 0.400. The number of hydrogen-bond acceptors (Lipinski definition) is 2. The molecule has 1 heterocycles. The lowest BCUT2D eigenvalue weighted by molar-refractivity contribution is 0.107. The van der Waals surface area contributed by atoms with Gasteiger partial charge in [-0.25, -0.2) is 0 Å². The summed E-state index contributed by atoms with van der Waals surface area (Å²) in [4.78, 5) is 0. The molecule has 1 saturated heterocycles. The molecule has 1 aliphatic heterocycles. The average Bonchev–Trinajstić information content (AvgIpc) is 2.66. The monoisotopic (exact) mass is 194 g/mol. The molecule has 0 saturated carbocycles. The summed E-state index contributed by atoms with van der Waals surface area (Å²) in [5, 5.41) is 0.906. The van der Waals surface area contributed by atoms with Gasteiger partial charge in [-0.2, -0.15) is 0 Å². The molecule has 0 N–H and O–H groups in total. The molecule has 0 spiro atoms. The minimum Gasteiger partial charge on any atom is -0.380 e. The van der Waals surface area contributed by atoms with Crippen LogP contribution in [0.15, 0.2) is 0 Å². The predicted molar refractivity (Wildman–Crippen MR) is 38.9 cm³/mol. The van der Waals surface area contributed by atoms with E-state index in [1.54, 1.807) is 7.11 Å². The number of hydrogen-bond donors (Lipinski definition) is 0. The molecule has 0 aliphatic carbocycles. The molecule has 54 valence electrons. The van der Waals surface area contributed by atoms with E-state index in [9.17, 15) is 0 Å². The predicted octanol–water partition coefficient (Wildman–Crippen LogP) is 1.19. The fourth-order valence-corrected chi connectivity index (χ4v) is 1.25. The van der Waals surface area contributed by atoms with Crippen LogP contribution in [-0.2, 0) is 9.47 Å². The van der Waals surface area contributed by atoms with Crippen molar-refractivity contribution in [2.24, 2.45) is 0 Å². The molecule has 0 bridgehead atoms. The number of ether oxygens (including phenoxy) is 2. The third kappa shape index (κ3) is 2.65. The van der Waals surface area contributed by atoms with Crippen molar-refractivity contribution in [1.82, 2.24) is 0 Å². The molecule has 2 unspecified atom stereocenters. The van der Waals surface area contributed by atoms with Gasteiger partial charge in [0.25, 0.3) is 0 Å². The van der Waals surface area contributed by atoms with Crippen molar-refractivity contribution in [2.45, 2.75) is 18.6 Å². The second-order valence-electron chi connectivity index (χ2n) is 2.20. The van der Waals surface area contributed by atoms with Crippen molar-refractivity contribution in [3.8, 4) is 0 Å². The first-order valence-corrected chi connectivity index (χ1v) is 4.19. The lowest BCUT2D eigenvalue weighted by atomic mass is 10.2. The van der Waals surface area contributed by atoms with Crippen LogP contribution in [0.1, 0.15) is 6.42 Å². The normalized spacial score (nSPS) is 28.0. The van der Waals surface area contributed by atoms with E-state index in [0.29, 0.717) is 12.2 Å². The zero-order chi connectivity index (χ0) is 6.69. The first kappa shape index (κ1) is 7.51. The number of alkyl halides is 1. The van der Waals surface area contributed by atoms with E-state index < -0.39 is 0 Å². The summed E-state index contributed by atoms with van der Waals surface area (Å²) in [6, 6.07) is 0. The summed E-state index contributed by atoms with van der Waals surface area (Å²) in [7, 11) is 1.73. The summed E-state index contributed by atoms with van der Waals surface area (Å²) in [6.45, 7) is 0.923. The standard InChI is InChI=1S/C6H11BrO2/c1-8-5(3-7)2-6-4-9-6/h5-6H,2-4H2,1H3. The Morgan fingerprint density at radius 3 is 2.89 bits per heavy atom. The number of methoxy groups -OCH3 is 1. The molecule has 1 rings (SSSR count). The fourth-order valence-electron chi connectivity index (χ4n) is 0.720. The molecule has 0 radical (unpaired) electrons. The Morgan fingerprint density at radius 1 is 1.89 bits per heavy atom. The number of halogens is 1. The zero-order valence-corrected chi connectivity index (χ0v) is 7.06. The van der Waals surface area contributed by atoms with Gasteiger partial charge in [0.05, 0.1) is 18.8 Å². The maximum absolute atomic E-state index is 5.12. The van der Waals surface area contributed by atoms with Gasteiger partial charge in [0.1, 0.15) is 0 Å². The summed E-state index contributed by atoms with van der Waals surface area (Å²) >= 11 is 3.35. The Kier molecular flexibility index (Phi) is 2.95. The third-order valence-corrected chi connectivity index (χ3v) is 2.16. The van der Waals surface area contributed by atoms with Crippen LogP contribution >= 0.6 is 15.9 Å². The number of rotatable bonds is 4. The van der Waals surface area contributed by atoms with Crippen LogP contribution in [0.2, 0.25) is 0 Å². The van der Waals surface area contributed by atoms with Crippen molar-refractivity contribution < 1.29 is 9.47 Å². The quantitative estimate of drug-likeness (QED) is 0.496. The Morgan fingerprint density at radius 2 is 2.56 bits per heavy atom. The van der Waals surface area contributed by atoms with E-state index >= 15 is 0 Å². The molecular formula is C6H11BrO2. The minimum atomic E-state index is 0.331. The minimum absolute atomic E-state index is 0.331. The molecule has 0 amide bonds. The third-order valence-electron chi connectivity index (χ3n) is 1.43. The molecule has 2 nitrogen and oxygen atoms in total. The van der Waals surface area contributed by atoms with Gasteiger partial charge in [0, 0.05) is 18.9 Å². The Balaban J connectivity index is 2.05. The van der Waals surface area contributed by atoms with Gasteiger partial charge in [-0.15, -0.1) is 0 Å². The summed E-state index contributed by atoms with van der Waals surface area (Å²) in [6.07, 6.45) is 1.84. The molecule has 3 heteroatoms. The van der Waals surface area contributed by atoms with Crippen LogP contribution in [0.5, 0.6) is 0 Å². The second-order valence-corrected chi connectivity index (χ2v) is 2.85. The smallest absolute Gasteiger partial charge is 0.0834 e. The van der Waals surface area contributed by atoms with Crippen LogP contribution in [0.25, 0.3) is 0 Å². The molecule has 0 aromatic heterocycles. The van der Waals surface area contributed by atoms with E-state index in [1.165, 1.54) is 0 Å². The highest BCUT2D eigenvalue weighted by Gasteiger charge is 2.25. The summed E-state index contributed by atoms with van der Waals surface area (Å²) < 4.78 is 10.2. The van der Waals surface area contributed by atoms with E-state index in [2.05, 4.69) is 15.9 Å². The van der Waals surface area contributed by atoms with Gasteiger partial charge in [0.2, 0.25) is 0 Å². The van der Waals surface area contributed by atoms with Crippen molar-refractivity contribution in [2.75, 3.05) is 19.0 Å². The van der Waals surface area contributed by atoms with E-state index in [-0.39, 0.29) is 0 Å². The van der Waals surface area contributed by atoms with Gasteiger partial charge >= 0.3 is 0 Å². The zero-order valence-electron chi connectivity index (χ0n) is 5.47. The van der Waals surface area contributed by atoms with E-state index in [4.69, 9.17) is 9.47 Å².